The van der Waals surface area contributed by atoms with E-state index in [1.54, 1.807) is 24.8 Å². The van der Waals surface area contributed by atoms with Crippen molar-refractivity contribution in [1.29, 1.82) is 0 Å². The first-order chi connectivity index (χ1) is 12.4. The summed E-state index contributed by atoms with van der Waals surface area (Å²) in [7, 11) is 0. The topological polar surface area (TPSA) is 96.5 Å². The summed E-state index contributed by atoms with van der Waals surface area (Å²) in [4.78, 5) is 34.6. The number of carbonyl (C=O) groups is 2. The number of amides is 2. The molecule has 1 aliphatic heterocycles. The number of nitrogens with one attached hydrogen (secondary N) is 2. The van der Waals surface area contributed by atoms with Gasteiger partial charge in [0.2, 0.25) is 0 Å². The SMILES string of the molecule is CCOC(=O)N1CCC(NC(=O)c2cc(NC(C)CC)nc(C)n2)CC1. The maximum absolute atomic E-state index is 12.6. The van der Waals surface area contributed by atoms with Gasteiger partial charge in [-0.05, 0) is 40.0 Å². The van der Waals surface area contributed by atoms with Crippen LogP contribution in [0.3, 0.4) is 0 Å². The van der Waals surface area contributed by atoms with Crippen molar-refractivity contribution in [3.63, 3.8) is 0 Å². The Morgan fingerprint density at radius 1 is 1.31 bits per heavy atom. The second-order valence-corrected chi connectivity index (χ2v) is 6.57. The van der Waals surface area contributed by atoms with E-state index in [4.69, 9.17) is 4.74 Å². The van der Waals surface area contributed by atoms with Gasteiger partial charge in [0.25, 0.3) is 5.91 Å². The van der Waals surface area contributed by atoms with Crippen molar-refractivity contribution >= 4 is 17.8 Å². The molecule has 2 rings (SSSR count). The predicted molar refractivity (Wildman–Crippen MR) is 99.2 cm³/mol. The molecule has 0 aromatic carbocycles. The van der Waals surface area contributed by atoms with Gasteiger partial charge in [-0.1, -0.05) is 6.92 Å². The zero-order valence-corrected chi connectivity index (χ0v) is 16.0. The summed E-state index contributed by atoms with van der Waals surface area (Å²) in [6.07, 6.45) is 2.08. The fourth-order valence-corrected chi connectivity index (χ4v) is 2.79. The lowest BCUT2D eigenvalue weighted by Crippen LogP contribution is -2.46. The minimum absolute atomic E-state index is 0.0226. The highest BCUT2D eigenvalue weighted by Gasteiger charge is 2.25. The molecule has 1 saturated heterocycles. The first kappa shape index (κ1) is 19.9. The normalized spacial score (nSPS) is 16.1. The van der Waals surface area contributed by atoms with Gasteiger partial charge in [-0.15, -0.1) is 0 Å². The Hall–Kier alpha value is -2.38. The monoisotopic (exact) mass is 363 g/mol. The molecule has 0 saturated carbocycles. The number of nitrogens with zero attached hydrogens (tertiary/aromatic N) is 3. The van der Waals surface area contributed by atoms with E-state index in [9.17, 15) is 9.59 Å². The second kappa shape index (κ2) is 9.35. The van der Waals surface area contributed by atoms with E-state index in [1.807, 2.05) is 0 Å². The Labute approximate surface area is 154 Å². The fraction of sp³-hybridized carbons (Fsp3) is 0.667. The van der Waals surface area contributed by atoms with Crippen LogP contribution < -0.4 is 10.6 Å². The number of carbonyl (C=O) groups excluding carboxylic acids is 2. The summed E-state index contributed by atoms with van der Waals surface area (Å²) >= 11 is 0. The van der Waals surface area contributed by atoms with Gasteiger partial charge in [0.15, 0.2) is 0 Å². The number of aromatic nitrogens is 2. The van der Waals surface area contributed by atoms with Crippen molar-refractivity contribution < 1.29 is 14.3 Å². The molecule has 0 spiro atoms. The minimum Gasteiger partial charge on any atom is -0.450 e. The van der Waals surface area contributed by atoms with Gasteiger partial charge in [-0.25, -0.2) is 14.8 Å². The molecule has 2 heterocycles. The molecular weight excluding hydrogens is 334 g/mol. The smallest absolute Gasteiger partial charge is 0.409 e. The van der Waals surface area contributed by atoms with Crippen LogP contribution in [0.15, 0.2) is 6.07 Å². The van der Waals surface area contributed by atoms with Crippen LogP contribution in [0.25, 0.3) is 0 Å². The van der Waals surface area contributed by atoms with Crippen LogP contribution in [-0.2, 0) is 4.74 Å². The van der Waals surface area contributed by atoms with Gasteiger partial charge in [0, 0.05) is 31.2 Å². The highest BCUT2D eigenvalue weighted by Crippen LogP contribution is 2.14. The molecule has 0 bridgehead atoms. The lowest BCUT2D eigenvalue weighted by atomic mass is 10.1. The average Bonchev–Trinajstić information content (AvgIpc) is 2.61. The van der Waals surface area contributed by atoms with Crippen LogP contribution in [-0.4, -0.2) is 58.6 Å². The van der Waals surface area contributed by atoms with Crippen molar-refractivity contribution in [1.82, 2.24) is 20.2 Å². The van der Waals surface area contributed by atoms with Crippen LogP contribution in [0.2, 0.25) is 0 Å². The molecular formula is C18H29N5O3. The molecule has 1 aromatic rings. The third-order valence-corrected chi connectivity index (χ3v) is 4.43. The Bertz CT molecular complexity index is 629. The third kappa shape index (κ3) is 5.57. The van der Waals surface area contributed by atoms with E-state index < -0.39 is 0 Å². The van der Waals surface area contributed by atoms with Crippen LogP contribution in [0.1, 0.15) is 56.3 Å². The summed E-state index contributed by atoms with van der Waals surface area (Å²) in [5, 5.41) is 6.28. The molecule has 0 radical (unpaired) electrons. The zero-order valence-electron chi connectivity index (χ0n) is 16.0. The molecule has 26 heavy (non-hydrogen) atoms. The van der Waals surface area contributed by atoms with Crippen molar-refractivity contribution in [3.05, 3.63) is 17.6 Å². The summed E-state index contributed by atoms with van der Waals surface area (Å²) < 4.78 is 5.01. The Kier molecular flexibility index (Phi) is 7.17. The number of rotatable bonds is 6. The molecule has 8 heteroatoms. The van der Waals surface area contributed by atoms with Crippen LogP contribution >= 0.6 is 0 Å². The van der Waals surface area contributed by atoms with Gasteiger partial charge in [-0.2, -0.15) is 0 Å². The van der Waals surface area contributed by atoms with Crippen LogP contribution in [0.5, 0.6) is 0 Å². The molecule has 1 aromatic heterocycles. The Balaban J connectivity index is 1.93. The second-order valence-electron chi connectivity index (χ2n) is 6.57. The third-order valence-electron chi connectivity index (χ3n) is 4.43. The number of hydrogen-bond acceptors (Lipinski definition) is 6. The number of ether oxygens (including phenoxy) is 1. The number of aryl methyl sites for hydroxylation is 1. The average molecular weight is 363 g/mol. The van der Waals surface area contributed by atoms with Gasteiger partial charge >= 0.3 is 6.09 Å². The fourth-order valence-electron chi connectivity index (χ4n) is 2.79. The lowest BCUT2D eigenvalue weighted by molar-refractivity contribution is 0.0856. The number of hydrogen-bond donors (Lipinski definition) is 2. The van der Waals surface area contributed by atoms with Gasteiger partial charge < -0.3 is 20.3 Å². The van der Waals surface area contributed by atoms with Crippen molar-refractivity contribution in [2.24, 2.45) is 0 Å². The maximum Gasteiger partial charge on any atom is 0.409 e. The summed E-state index contributed by atoms with van der Waals surface area (Å²) in [6.45, 7) is 9.24. The van der Waals surface area contributed by atoms with Gasteiger partial charge in [0.1, 0.15) is 17.3 Å². The van der Waals surface area contributed by atoms with E-state index in [-0.39, 0.29) is 24.1 Å². The number of piperidine rings is 1. The van der Waals surface area contributed by atoms with Crippen molar-refractivity contribution in [2.45, 2.75) is 59.0 Å². The molecule has 1 atom stereocenters. The molecule has 1 aliphatic rings. The Morgan fingerprint density at radius 2 is 2.00 bits per heavy atom. The predicted octanol–water partition coefficient (Wildman–Crippen LogP) is 2.35. The quantitative estimate of drug-likeness (QED) is 0.805. The van der Waals surface area contributed by atoms with E-state index in [0.717, 1.165) is 6.42 Å². The molecule has 1 unspecified atom stereocenters. The number of likely N-dealkylation sites (tertiary alicyclic amines) is 1. The standard InChI is InChI=1S/C18H29N5O3/c1-5-12(3)19-16-11-15(20-13(4)21-16)17(24)22-14-7-9-23(10-8-14)18(25)26-6-2/h11-12,14H,5-10H2,1-4H3,(H,22,24)(H,19,20,21). The lowest BCUT2D eigenvalue weighted by Gasteiger charge is -2.31. The molecule has 144 valence electrons. The van der Waals surface area contributed by atoms with Gasteiger partial charge in [-0.3, -0.25) is 4.79 Å². The van der Waals surface area contributed by atoms with E-state index in [1.165, 1.54) is 0 Å². The number of anilines is 1. The van der Waals surface area contributed by atoms with E-state index >= 15 is 0 Å². The molecule has 2 amide bonds. The molecule has 2 N–H and O–H groups in total. The largest absolute Gasteiger partial charge is 0.450 e. The van der Waals surface area contributed by atoms with E-state index in [2.05, 4.69) is 34.4 Å². The van der Waals surface area contributed by atoms with Crippen molar-refractivity contribution in [3.8, 4) is 0 Å². The molecule has 1 fully saturated rings. The first-order valence-corrected chi connectivity index (χ1v) is 9.27. The summed E-state index contributed by atoms with van der Waals surface area (Å²) in [5.74, 6) is 1.01. The molecule has 8 nitrogen and oxygen atoms in total. The highest BCUT2D eigenvalue weighted by molar-refractivity contribution is 5.93. The van der Waals surface area contributed by atoms with Crippen molar-refractivity contribution in [2.75, 3.05) is 25.0 Å². The Morgan fingerprint density at radius 3 is 2.62 bits per heavy atom. The van der Waals surface area contributed by atoms with Gasteiger partial charge in [0.05, 0.1) is 6.61 Å². The highest BCUT2D eigenvalue weighted by atomic mass is 16.6. The summed E-state index contributed by atoms with van der Waals surface area (Å²) in [5.41, 5.74) is 0.358. The van der Waals surface area contributed by atoms with Crippen LogP contribution in [0.4, 0.5) is 10.6 Å². The summed E-state index contributed by atoms with van der Waals surface area (Å²) in [6, 6.07) is 1.98. The van der Waals surface area contributed by atoms with Crippen LogP contribution in [0, 0.1) is 6.92 Å². The molecule has 0 aliphatic carbocycles. The maximum atomic E-state index is 12.6. The zero-order chi connectivity index (χ0) is 19.1. The first-order valence-electron chi connectivity index (χ1n) is 9.27. The minimum atomic E-state index is -0.288. The van der Waals surface area contributed by atoms with E-state index in [0.29, 0.717) is 49.9 Å².